The number of amides is 1. The van der Waals surface area contributed by atoms with Crippen molar-refractivity contribution >= 4 is 46.3 Å². The summed E-state index contributed by atoms with van der Waals surface area (Å²) in [5.41, 5.74) is 1.17. The van der Waals surface area contributed by atoms with E-state index in [1.165, 1.54) is 18.1 Å². The maximum atomic E-state index is 13.3. The molecule has 174 valence electrons. The molecule has 1 N–H and O–H groups in total. The minimum atomic E-state index is -0.905. The Morgan fingerprint density at radius 1 is 0.971 bits per heavy atom. The van der Waals surface area contributed by atoms with E-state index in [1.807, 2.05) is 6.92 Å². The van der Waals surface area contributed by atoms with Crippen molar-refractivity contribution in [3.63, 3.8) is 0 Å². The molecule has 0 bridgehead atoms. The first kappa shape index (κ1) is 23.7. The Balaban J connectivity index is 1.92. The van der Waals surface area contributed by atoms with Crippen molar-refractivity contribution in [3.8, 4) is 11.5 Å². The Morgan fingerprint density at radius 2 is 1.62 bits per heavy atom. The lowest BCUT2D eigenvalue weighted by Gasteiger charge is -2.25. The van der Waals surface area contributed by atoms with Crippen LogP contribution in [0.4, 0.5) is 5.69 Å². The third-order valence-corrected chi connectivity index (χ3v) is 6.07. The van der Waals surface area contributed by atoms with Gasteiger partial charge < -0.3 is 14.6 Å². The molecule has 0 saturated carbocycles. The molecule has 4 rings (SSSR count). The Bertz CT molecular complexity index is 1270. The first-order valence-electron chi connectivity index (χ1n) is 10.5. The van der Waals surface area contributed by atoms with Crippen molar-refractivity contribution in [2.75, 3.05) is 18.6 Å². The third-order valence-electron chi connectivity index (χ3n) is 5.48. The van der Waals surface area contributed by atoms with Gasteiger partial charge in [-0.05, 0) is 67.1 Å². The van der Waals surface area contributed by atoms with Crippen LogP contribution in [0.25, 0.3) is 5.76 Å². The molecule has 3 aromatic carbocycles. The van der Waals surface area contributed by atoms with Gasteiger partial charge in [-0.3, -0.25) is 14.5 Å². The highest BCUT2D eigenvalue weighted by Crippen LogP contribution is 2.43. The Hall–Kier alpha value is -3.48. The second-order valence-electron chi connectivity index (χ2n) is 7.49. The Kier molecular flexibility index (Phi) is 6.82. The number of aliphatic hydroxyl groups excluding tert-OH is 1. The van der Waals surface area contributed by atoms with Crippen molar-refractivity contribution in [3.05, 3.63) is 93.5 Å². The van der Waals surface area contributed by atoms with E-state index in [1.54, 1.807) is 60.7 Å². The zero-order chi connectivity index (χ0) is 24.4. The minimum Gasteiger partial charge on any atom is -0.507 e. The predicted octanol–water partition coefficient (Wildman–Crippen LogP) is 6.03. The summed E-state index contributed by atoms with van der Waals surface area (Å²) in [5.74, 6) is -0.922. The largest absolute Gasteiger partial charge is 0.507 e. The molecule has 1 atom stereocenters. The molecular formula is C26H21Cl2NO5. The number of Topliss-reactive ketones (excluding diaryl/α,β-unsaturated/α-hetero) is 1. The molecule has 8 heteroatoms. The summed E-state index contributed by atoms with van der Waals surface area (Å²) in [6.45, 7) is 2.37. The SMILES string of the molecule is CCOc1ccc(N2C(=O)C(=O)/C(=C(/O)c3cc(OC)ccc3Cl)C2c2ccc(Cl)cc2)cc1. The van der Waals surface area contributed by atoms with Crippen LogP contribution in [-0.4, -0.2) is 30.5 Å². The van der Waals surface area contributed by atoms with E-state index in [0.29, 0.717) is 34.4 Å². The number of halogens is 2. The summed E-state index contributed by atoms with van der Waals surface area (Å²) >= 11 is 12.4. The van der Waals surface area contributed by atoms with Crippen molar-refractivity contribution in [2.24, 2.45) is 0 Å². The lowest BCUT2D eigenvalue weighted by atomic mass is 9.95. The zero-order valence-electron chi connectivity index (χ0n) is 18.4. The van der Waals surface area contributed by atoms with E-state index in [9.17, 15) is 14.7 Å². The Morgan fingerprint density at radius 3 is 2.24 bits per heavy atom. The predicted molar refractivity (Wildman–Crippen MR) is 132 cm³/mol. The first-order valence-corrected chi connectivity index (χ1v) is 11.2. The van der Waals surface area contributed by atoms with Crippen LogP contribution in [0.1, 0.15) is 24.1 Å². The normalized spacial score (nSPS) is 17.2. The molecule has 1 heterocycles. The molecule has 0 spiro atoms. The van der Waals surface area contributed by atoms with Gasteiger partial charge in [-0.1, -0.05) is 35.3 Å². The van der Waals surface area contributed by atoms with E-state index in [4.69, 9.17) is 32.7 Å². The van der Waals surface area contributed by atoms with Crippen molar-refractivity contribution in [1.82, 2.24) is 0 Å². The smallest absolute Gasteiger partial charge is 0.300 e. The van der Waals surface area contributed by atoms with Crippen molar-refractivity contribution in [2.45, 2.75) is 13.0 Å². The van der Waals surface area contributed by atoms with E-state index >= 15 is 0 Å². The summed E-state index contributed by atoms with van der Waals surface area (Å²) in [7, 11) is 1.48. The van der Waals surface area contributed by atoms with Gasteiger partial charge in [0, 0.05) is 16.3 Å². The van der Waals surface area contributed by atoms with Gasteiger partial charge >= 0.3 is 0 Å². The number of methoxy groups -OCH3 is 1. The lowest BCUT2D eigenvalue weighted by Crippen LogP contribution is -2.29. The number of hydrogen-bond acceptors (Lipinski definition) is 5. The number of hydrogen-bond donors (Lipinski definition) is 1. The quantitative estimate of drug-likeness (QED) is 0.255. The summed E-state index contributed by atoms with van der Waals surface area (Å²) in [6, 6.07) is 17.4. The summed E-state index contributed by atoms with van der Waals surface area (Å²) < 4.78 is 10.7. The molecule has 1 amide bonds. The molecule has 0 radical (unpaired) electrons. The van der Waals surface area contributed by atoms with Crippen LogP contribution in [0.3, 0.4) is 0 Å². The second-order valence-corrected chi connectivity index (χ2v) is 8.34. The summed E-state index contributed by atoms with van der Waals surface area (Å²) in [5, 5.41) is 12.0. The van der Waals surface area contributed by atoms with Gasteiger partial charge in [0.05, 0.1) is 30.4 Å². The van der Waals surface area contributed by atoms with Gasteiger partial charge in [0.2, 0.25) is 0 Å². The molecule has 6 nitrogen and oxygen atoms in total. The van der Waals surface area contributed by atoms with Crippen LogP contribution in [0.5, 0.6) is 11.5 Å². The second kappa shape index (κ2) is 9.79. The van der Waals surface area contributed by atoms with Crippen molar-refractivity contribution < 1.29 is 24.2 Å². The van der Waals surface area contributed by atoms with E-state index in [0.717, 1.165) is 0 Å². The maximum absolute atomic E-state index is 13.3. The number of nitrogens with zero attached hydrogens (tertiary/aromatic N) is 1. The number of anilines is 1. The highest BCUT2D eigenvalue weighted by Gasteiger charge is 2.47. The molecule has 1 fully saturated rings. The molecular weight excluding hydrogens is 477 g/mol. The first-order chi connectivity index (χ1) is 16.3. The van der Waals surface area contributed by atoms with Crippen LogP contribution in [-0.2, 0) is 9.59 Å². The summed E-state index contributed by atoms with van der Waals surface area (Å²) in [4.78, 5) is 27.8. The van der Waals surface area contributed by atoms with Crippen LogP contribution >= 0.6 is 23.2 Å². The number of carbonyl (C=O) groups excluding carboxylic acids is 2. The van der Waals surface area contributed by atoms with Gasteiger partial charge in [-0.15, -0.1) is 0 Å². The van der Waals surface area contributed by atoms with Crippen LogP contribution in [0.2, 0.25) is 10.0 Å². The standard InChI is InChI=1S/C26H21Cl2NO5/c1-3-34-18-10-8-17(9-11-18)29-23(15-4-6-16(27)7-5-15)22(25(31)26(29)32)24(30)20-14-19(33-2)12-13-21(20)28/h4-14,23,30H,3H2,1-2H3/b24-22+. The fourth-order valence-electron chi connectivity index (χ4n) is 3.89. The van der Waals surface area contributed by atoms with Gasteiger partial charge in [-0.2, -0.15) is 0 Å². The van der Waals surface area contributed by atoms with Crippen LogP contribution < -0.4 is 14.4 Å². The molecule has 1 aliphatic rings. The molecule has 0 aliphatic carbocycles. The number of aliphatic hydroxyl groups is 1. The van der Waals surface area contributed by atoms with Crippen LogP contribution in [0.15, 0.2) is 72.3 Å². The number of ether oxygens (including phenoxy) is 2. The number of benzene rings is 3. The number of carbonyl (C=O) groups is 2. The number of rotatable bonds is 6. The average Bonchev–Trinajstić information content (AvgIpc) is 3.10. The molecule has 0 aromatic heterocycles. The van der Waals surface area contributed by atoms with Gasteiger partial charge in [-0.25, -0.2) is 0 Å². The third kappa shape index (κ3) is 4.34. The fourth-order valence-corrected chi connectivity index (χ4v) is 4.22. The highest BCUT2D eigenvalue weighted by molar-refractivity contribution is 6.52. The zero-order valence-corrected chi connectivity index (χ0v) is 19.9. The molecule has 1 aliphatic heterocycles. The number of ketones is 1. The average molecular weight is 498 g/mol. The topological polar surface area (TPSA) is 76.1 Å². The molecule has 1 saturated heterocycles. The molecule has 1 unspecified atom stereocenters. The summed E-state index contributed by atoms with van der Waals surface area (Å²) in [6.07, 6.45) is 0. The van der Waals surface area contributed by atoms with Crippen molar-refractivity contribution in [1.29, 1.82) is 0 Å². The van der Waals surface area contributed by atoms with Crippen LogP contribution in [0, 0.1) is 0 Å². The minimum absolute atomic E-state index is 0.0867. The monoisotopic (exact) mass is 497 g/mol. The molecule has 34 heavy (non-hydrogen) atoms. The lowest BCUT2D eigenvalue weighted by molar-refractivity contribution is -0.132. The van der Waals surface area contributed by atoms with Gasteiger partial charge in [0.15, 0.2) is 0 Å². The molecule has 3 aromatic rings. The van der Waals surface area contributed by atoms with E-state index < -0.39 is 23.5 Å². The van der Waals surface area contributed by atoms with Gasteiger partial charge in [0.1, 0.15) is 17.3 Å². The highest BCUT2D eigenvalue weighted by atomic mass is 35.5. The van der Waals surface area contributed by atoms with Gasteiger partial charge in [0.25, 0.3) is 11.7 Å². The van der Waals surface area contributed by atoms with E-state index in [-0.39, 0.29) is 16.2 Å². The Labute approximate surface area is 206 Å². The maximum Gasteiger partial charge on any atom is 0.300 e. The van der Waals surface area contributed by atoms with E-state index in [2.05, 4.69) is 0 Å². The fraction of sp³-hybridized carbons (Fsp3) is 0.154.